The third-order valence-electron chi connectivity index (χ3n) is 5.99. The quantitative estimate of drug-likeness (QED) is 0.319. The zero-order valence-electron chi connectivity index (χ0n) is 20.6. The van der Waals surface area contributed by atoms with Crippen molar-refractivity contribution in [3.63, 3.8) is 0 Å². The SMILES string of the molecule is CC(C)(C)c1cc(N(c2ccccc2)c2cccc(-c3ccccn3)c2)cc(C(C)(C)C)c1. The summed E-state index contributed by atoms with van der Waals surface area (Å²) in [6.45, 7) is 13.7. The number of para-hydroxylation sites is 1. The highest BCUT2D eigenvalue weighted by Crippen LogP contribution is 2.40. The second-order valence-electron chi connectivity index (χ2n) is 10.7. The second kappa shape index (κ2) is 8.86. The highest BCUT2D eigenvalue weighted by molar-refractivity contribution is 5.80. The van der Waals surface area contributed by atoms with Crippen LogP contribution in [0.5, 0.6) is 0 Å². The molecule has 2 heteroatoms. The molecule has 0 saturated carbocycles. The monoisotopic (exact) mass is 434 g/mol. The van der Waals surface area contributed by atoms with Crippen LogP contribution >= 0.6 is 0 Å². The Labute approximate surface area is 199 Å². The maximum absolute atomic E-state index is 4.57. The van der Waals surface area contributed by atoms with Crippen molar-refractivity contribution in [2.45, 2.75) is 52.4 Å². The van der Waals surface area contributed by atoms with Crippen LogP contribution in [0.25, 0.3) is 11.3 Å². The maximum Gasteiger partial charge on any atom is 0.0702 e. The first kappa shape index (κ1) is 22.8. The molecule has 0 atom stereocenters. The Morgan fingerprint density at radius 2 is 1.15 bits per heavy atom. The zero-order valence-corrected chi connectivity index (χ0v) is 20.6. The molecular formula is C31H34N2. The van der Waals surface area contributed by atoms with Crippen LogP contribution in [0.2, 0.25) is 0 Å². The van der Waals surface area contributed by atoms with Crippen LogP contribution in [0.4, 0.5) is 17.1 Å². The van der Waals surface area contributed by atoms with Crippen LogP contribution < -0.4 is 4.90 Å². The lowest BCUT2D eigenvalue weighted by atomic mass is 9.80. The molecule has 2 nitrogen and oxygen atoms in total. The molecule has 1 aromatic heterocycles. The van der Waals surface area contributed by atoms with E-state index in [-0.39, 0.29) is 10.8 Å². The van der Waals surface area contributed by atoms with Gasteiger partial charge in [0.05, 0.1) is 5.69 Å². The molecule has 0 aliphatic carbocycles. The molecule has 0 spiro atoms. The predicted molar refractivity (Wildman–Crippen MR) is 142 cm³/mol. The molecule has 168 valence electrons. The Morgan fingerprint density at radius 1 is 0.545 bits per heavy atom. The van der Waals surface area contributed by atoms with E-state index in [0.29, 0.717) is 0 Å². The third kappa shape index (κ3) is 5.17. The van der Waals surface area contributed by atoms with Crippen LogP contribution in [-0.2, 0) is 10.8 Å². The van der Waals surface area contributed by atoms with Crippen molar-refractivity contribution < 1.29 is 0 Å². The van der Waals surface area contributed by atoms with E-state index in [1.165, 1.54) is 16.8 Å². The van der Waals surface area contributed by atoms with Crippen LogP contribution in [0.15, 0.2) is 97.2 Å². The lowest BCUT2D eigenvalue weighted by Crippen LogP contribution is -2.19. The van der Waals surface area contributed by atoms with Gasteiger partial charge in [-0.1, -0.05) is 84.0 Å². The van der Waals surface area contributed by atoms with Gasteiger partial charge in [0, 0.05) is 28.8 Å². The molecule has 0 saturated heterocycles. The fraction of sp³-hybridized carbons (Fsp3) is 0.258. The van der Waals surface area contributed by atoms with Crippen LogP contribution in [-0.4, -0.2) is 4.98 Å². The summed E-state index contributed by atoms with van der Waals surface area (Å²) in [5, 5.41) is 0. The van der Waals surface area contributed by atoms with Gasteiger partial charge in [-0.3, -0.25) is 4.98 Å². The Hall–Kier alpha value is -3.39. The summed E-state index contributed by atoms with van der Waals surface area (Å²) in [6.07, 6.45) is 1.85. The van der Waals surface area contributed by atoms with Gasteiger partial charge in [-0.2, -0.15) is 0 Å². The Kier molecular flexibility index (Phi) is 6.12. The number of hydrogen-bond acceptors (Lipinski definition) is 2. The minimum Gasteiger partial charge on any atom is -0.310 e. The smallest absolute Gasteiger partial charge is 0.0702 e. The minimum absolute atomic E-state index is 0.0498. The van der Waals surface area contributed by atoms with Gasteiger partial charge in [-0.15, -0.1) is 0 Å². The molecule has 0 aliphatic heterocycles. The van der Waals surface area contributed by atoms with Crippen LogP contribution in [0.3, 0.4) is 0 Å². The van der Waals surface area contributed by atoms with Gasteiger partial charge in [0.25, 0.3) is 0 Å². The van der Waals surface area contributed by atoms with Crippen LogP contribution in [0, 0.1) is 0 Å². The van der Waals surface area contributed by atoms with Crippen LogP contribution in [0.1, 0.15) is 52.7 Å². The highest BCUT2D eigenvalue weighted by atomic mass is 15.1. The molecule has 3 aromatic carbocycles. The van der Waals surface area contributed by atoms with Gasteiger partial charge < -0.3 is 4.90 Å². The van der Waals surface area contributed by atoms with E-state index < -0.39 is 0 Å². The van der Waals surface area contributed by atoms with E-state index >= 15 is 0 Å². The first-order valence-corrected chi connectivity index (χ1v) is 11.7. The zero-order chi connectivity index (χ0) is 23.6. The van der Waals surface area contributed by atoms with Crippen molar-refractivity contribution in [3.8, 4) is 11.3 Å². The number of benzene rings is 3. The van der Waals surface area contributed by atoms with Gasteiger partial charge in [0.15, 0.2) is 0 Å². The van der Waals surface area contributed by atoms with E-state index in [1.54, 1.807) is 0 Å². The van der Waals surface area contributed by atoms with Gasteiger partial charge in [0.2, 0.25) is 0 Å². The summed E-state index contributed by atoms with van der Waals surface area (Å²) in [5.74, 6) is 0. The number of pyridine rings is 1. The van der Waals surface area contributed by atoms with Crippen molar-refractivity contribution in [1.29, 1.82) is 0 Å². The Balaban J connectivity index is 1.94. The highest BCUT2D eigenvalue weighted by Gasteiger charge is 2.23. The fourth-order valence-electron chi connectivity index (χ4n) is 3.97. The van der Waals surface area contributed by atoms with E-state index in [4.69, 9.17) is 0 Å². The number of hydrogen-bond donors (Lipinski definition) is 0. The molecule has 0 amide bonds. The fourth-order valence-corrected chi connectivity index (χ4v) is 3.97. The molecular weight excluding hydrogens is 400 g/mol. The molecule has 1 heterocycles. The second-order valence-corrected chi connectivity index (χ2v) is 10.7. The van der Waals surface area contributed by atoms with E-state index in [2.05, 4.69) is 130 Å². The molecule has 0 aliphatic rings. The third-order valence-corrected chi connectivity index (χ3v) is 5.99. The number of nitrogens with zero attached hydrogens (tertiary/aromatic N) is 2. The van der Waals surface area contributed by atoms with Crippen molar-refractivity contribution in [3.05, 3.63) is 108 Å². The summed E-state index contributed by atoms with van der Waals surface area (Å²) < 4.78 is 0. The number of anilines is 3. The molecule has 33 heavy (non-hydrogen) atoms. The van der Waals surface area contributed by atoms with Gasteiger partial charge >= 0.3 is 0 Å². The first-order valence-electron chi connectivity index (χ1n) is 11.7. The van der Waals surface area contributed by atoms with Crippen molar-refractivity contribution >= 4 is 17.1 Å². The largest absolute Gasteiger partial charge is 0.310 e. The Bertz CT molecular complexity index is 1180. The minimum atomic E-state index is 0.0498. The summed E-state index contributed by atoms with van der Waals surface area (Å²) >= 11 is 0. The van der Waals surface area contributed by atoms with E-state index in [0.717, 1.165) is 22.6 Å². The average Bonchev–Trinajstić information content (AvgIpc) is 2.79. The van der Waals surface area contributed by atoms with Crippen molar-refractivity contribution in [1.82, 2.24) is 4.98 Å². The summed E-state index contributed by atoms with van der Waals surface area (Å²) in [7, 11) is 0. The summed E-state index contributed by atoms with van der Waals surface area (Å²) in [6, 6.07) is 32.4. The van der Waals surface area contributed by atoms with Gasteiger partial charge in [0.1, 0.15) is 0 Å². The Morgan fingerprint density at radius 3 is 1.73 bits per heavy atom. The first-order chi connectivity index (χ1) is 15.6. The van der Waals surface area contributed by atoms with Gasteiger partial charge in [-0.25, -0.2) is 0 Å². The average molecular weight is 435 g/mol. The summed E-state index contributed by atoms with van der Waals surface area (Å²) in [4.78, 5) is 6.93. The molecule has 0 N–H and O–H groups in total. The standard InChI is InChI=1S/C31H34N2/c1-30(2,3)24-20-25(31(4,5)6)22-28(21-24)33(26-14-8-7-9-15-26)27-16-12-13-23(19-27)29-17-10-11-18-32-29/h7-22H,1-6H3. The van der Waals surface area contributed by atoms with E-state index in [9.17, 15) is 0 Å². The van der Waals surface area contributed by atoms with Crippen molar-refractivity contribution in [2.75, 3.05) is 4.90 Å². The van der Waals surface area contributed by atoms with E-state index in [1.807, 2.05) is 18.3 Å². The maximum atomic E-state index is 4.57. The lowest BCUT2D eigenvalue weighted by molar-refractivity contribution is 0.569. The molecule has 0 bridgehead atoms. The topological polar surface area (TPSA) is 16.1 Å². The molecule has 4 rings (SSSR count). The predicted octanol–water partition coefficient (Wildman–Crippen LogP) is 8.81. The normalized spacial score (nSPS) is 11.9. The summed E-state index contributed by atoms with van der Waals surface area (Å²) in [5.41, 5.74) is 8.30. The molecule has 0 fully saturated rings. The number of aromatic nitrogens is 1. The van der Waals surface area contributed by atoms with Gasteiger partial charge in [-0.05, 0) is 70.5 Å². The lowest BCUT2D eigenvalue weighted by Gasteiger charge is -2.31. The number of rotatable bonds is 4. The molecule has 4 aromatic rings. The molecule has 0 unspecified atom stereocenters. The van der Waals surface area contributed by atoms with Crippen molar-refractivity contribution in [2.24, 2.45) is 0 Å². The molecule has 0 radical (unpaired) electrons.